The fraction of sp³-hybridized carbons (Fsp3) is 0.550. The summed E-state index contributed by atoms with van der Waals surface area (Å²) in [6, 6.07) is 0. The monoisotopic (exact) mass is 399 g/mol. The SMILES string of the molecule is CCn1c(C)nc2c(c1=O)CN(C(=NC=N)c1nc(C)[nH]c1CCCOC)CC2. The number of rotatable bonds is 7. The maximum Gasteiger partial charge on any atom is 0.258 e. The number of aromatic nitrogens is 4. The first-order valence-electron chi connectivity index (χ1n) is 9.95. The molecule has 0 fully saturated rings. The summed E-state index contributed by atoms with van der Waals surface area (Å²) in [4.78, 5) is 31.9. The molecule has 1 aliphatic rings. The maximum atomic E-state index is 12.9. The van der Waals surface area contributed by atoms with Crippen molar-refractivity contribution in [1.82, 2.24) is 24.4 Å². The Kier molecular flexibility index (Phi) is 6.58. The Morgan fingerprint density at radius 3 is 2.86 bits per heavy atom. The van der Waals surface area contributed by atoms with E-state index >= 15 is 0 Å². The Morgan fingerprint density at radius 2 is 2.17 bits per heavy atom. The van der Waals surface area contributed by atoms with E-state index in [0.717, 1.165) is 47.9 Å². The zero-order valence-corrected chi connectivity index (χ0v) is 17.6. The number of hydrogen-bond donors (Lipinski definition) is 2. The summed E-state index contributed by atoms with van der Waals surface area (Å²) in [5, 5.41) is 7.55. The molecule has 0 aromatic carbocycles. The zero-order chi connectivity index (χ0) is 21.0. The molecule has 29 heavy (non-hydrogen) atoms. The van der Waals surface area contributed by atoms with Crippen LogP contribution in [0.5, 0.6) is 0 Å². The van der Waals surface area contributed by atoms with Gasteiger partial charge >= 0.3 is 0 Å². The second-order valence-corrected chi connectivity index (χ2v) is 7.13. The molecule has 156 valence electrons. The number of nitrogens with zero attached hydrogens (tertiary/aromatic N) is 5. The van der Waals surface area contributed by atoms with Gasteiger partial charge in [0.1, 0.15) is 23.7 Å². The van der Waals surface area contributed by atoms with Crippen molar-refractivity contribution in [2.75, 3.05) is 20.3 Å². The van der Waals surface area contributed by atoms with Gasteiger partial charge in [-0.3, -0.25) is 14.8 Å². The Hall–Kier alpha value is -2.81. The van der Waals surface area contributed by atoms with Gasteiger partial charge in [-0.25, -0.2) is 15.0 Å². The van der Waals surface area contributed by atoms with Crippen molar-refractivity contribution in [2.45, 2.75) is 53.1 Å². The van der Waals surface area contributed by atoms with Gasteiger partial charge in [0.2, 0.25) is 0 Å². The van der Waals surface area contributed by atoms with E-state index in [0.29, 0.717) is 44.1 Å². The van der Waals surface area contributed by atoms with Gasteiger partial charge in [-0.2, -0.15) is 0 Å². The lowest BCUT2D eigenvalue weighted by Gasteiger charge is -2.30. The highest BCUT2D eigenvalue weighted by Crippen LogP contribution is 2.20. The molecule has 9 nitrogen and oxygen atoms in total. The second-order valence-electron chi connectivity index (χ2n) is 7.13. The van der Waals surface area contributed by atoms with Gasteiger partial charge in [-0.05, 0) is 33.6 Å². The number of nitrogens with one attached hydrogen (secondary N) is 2. The molecule has 0 bridgehead atoms. The Labute approximate surface area is 170 Å². The number of aryl methyl sites for hydroxylation is 3. The number of H-pyrrole nitrogens is 1. The van der Waals surface area contributed by atoms with Crippen LogP contribution in [0.1, 0.15) is 47.6 Å². The molecule has 2 aromatic heterocycles. The molecular formula is C20H29N7O2. The van der Waals surface area contributed by atoms with Gasteiger partial charge < -0.3 is 14.6 Å². The number of aliphatic imine (C=N–C) groups is 1. The fourth-order valence-corrected chi connectivity index (χ4v) is 3.84. The first-order valence-corrected chi connectivity index (χ1v) is 9.95. The lowest BCUT2D eigenvalue weighted by molar-refractivity contribution is 0.195. The highest BCUT2D eigenvalue weighted by atomic mass is 16.5. The molecule has 0 radical (unpaired) electrons. The van der Waals surface area contributed by atoms with Crippen LogP contribution in [-0.2, 0) is 30.7 Å². The molecule has 0 unspecified atom stereocenters. The number of amidine groups is 1. The minimum Gasteiger partial charge on any atom is -0.385 e. The standard InChI is InChI=1S/C20H29N7O2/c1-5-27-14(3)25-16-8-9-26(11-15(16)20(27)28)19(22-12-21)18-17(7-6-10-29-4)23-13(2)24-18/h12,21H,5-11H2,1-4H3,(H,23,24). The number of aromatic amines is 1. The Balaban J connectivity index is 1.96. The topological polar surface area (TPSA) is 112 Å². The minimum atomic E-state index is 0.00688. The molecule has 0 amide bonds. The van der Waals surface area contributed by atoms with Crippen LogP contribution in [0.2, 0.25) is 0 Å². The maximum absolute atomic E-state index is 12.9. The average molecular weight is 399 g/mol. The van der Waals surface area contributed by atoms with Crippen molar-refractivity contribution in [2.24, 2.45) is 4.99 Å². The number of hydrogen-bond acceptors (Lipinski definition) is 5. The van der Waals surface area contributed by atoms with Crippen molar-refractivity contribution < 1.29 is 4.74 Å². The lowest BCUT2D eigenvalue weighted by atomic mass is 10.1. The number of fused-ring (bicyclic) bond motifs is 1. The lowest BCUT2D eigenvalue weighted by Crippen LogP contribution is -2.42. The van der Waals surface area contributed by atoms with Gasteiger partial charge in [-0.15, -0.1) is 0 Å². The molecule has 3 heterocycles. The molecule has 9 heteroatoms. The van der Waals surface area contributed by atoms with Crippen LogP contribution in [-0.4, -0.2) is 56.9 Å². The van der Waals surface area contributed by atoms with Crippen LogP contribution < -0.4 is 5.56 Å². The third kappa shape index (κ3) is 4.29. The van der Waals surface area contributed by atoms with E-state index in [1.165, 1.54) is 0 Å². The summed E-state index contributed by atoms with van der Waals surface area (Å²) in [5.41, 5.74) is 3.28. The number of ether oxygens (including phenoxy) is 1. The van der Waals surface area contributed by atoms with E-state index in [-0.39, 0.29) is 5.56 Å². The molecule has 1 aliphatic heterocycles. The van der Waals surface area contributed by atoms with Crippen LogP contribution in [0.3, 0.4) is 0 Å². The summed E-state index contributed by atoms with van der Waals surface area (Å²) >= 11 is 0. The predicted octanol–water partition coefficient (Wildman–Crippen LogP) is 1.59. The van der Waals surface area contributed by atoms with Gasteiger partial charge in [0.25, 0.3) is 5.56 Å². The zero-order valence-electron chi connectivity index (χ0n) is 17.6. The second kappa shape index (κ2) is 9.13. The van der Waals surface area contributed by atoms with E-state index in [9.17, 15) is 4.79 Å². The minimum absolute atomic E-state index is 0.00688. The van der Waals surface area contributed by atoms with Crippen LogP contribution in [0.4, 0.5) is 0 Å². The molecule has 0 spiro atoms. The van der Waals surface area contributed by atoms with Crippen molar-refractivity contribution in [1.29, 1.82) is 5.41 Å². The third-order valence-electron chi connectivity index (χ3n) is 5.19. The largest absolute Gasteiger partial charge is 0.385 e. The van der Waals surface area contributed by atoms with E-state index in [1.807, 2.05) is 25.7 Å². The molecule has 0 saturated carbocycles. The summed E-state index contributed by atoms with van der Waals surface area (Å²) in [5.74, 6) is 2.17. The van der Waals surface area contributed by atoms with Gasteiger partial charge in [-0.1, -0.05) is 0 Å². The molecule has 0 saturated heterocycles. The Bertz CT molecular complexity index is 974. The quantitative estimate of drug-likeness (QED) is 0.417. The first kappa shape index (κ1) is 20.9. The molecule has 3 rings (SSSR count). The summed E-state index contributed by atoms with van der Waals surface area (Å²) in [6.45, 7) is 8.07. The van der Waals surface area contributed by atoms with Crippen molar-refractivity contribution in [3.63, 3.8) is 0 Å². The number of imidazole rings is 1. The van der Waals surface area contributed by atoms with Crippen molar-refractivity contribution in [3.8, 4) is 0 Å². The van der Waals surface area contributed by atoms with Crippen LogP contribution in [0.25, 0.3) is 0 Å². The van der Waals surface area contributed by atoms with E-state index in [2.05, 4.69) is 19.9 Å². The Morgan fingerprint density at radius 1 is 1.38 bits per heavy atom. The van der Waals surface area contributed by atoms with Crippen molar-refractivity contribution >= 4 is 12.2 Å². The van der Waals surface area contributed by atoms with E-state index in [4.69, 9.17) is 10.1 Å². The molecule has 0 atom stereocenters. The summed E-state index contributed by atoms with van der Waals surface area (Å²) in [6.07, 6.45) is 3.33. The highest BCUT2D eigenvalue weighted by Gasteiger charge is 2.27. The smallest absolute Gasteiger partial charge is 0.258 e. The first-order chi connectivity index (χ1) is 14.0. The third-order valence-corrected chi connectivity index (χ3v) is 5.19. The summed E-state index contributed by atoms with van der Waals surface area (Å²) < 4.78 is 6.86. The van der Waals surface area contributed by atoms with Gasteiger partial charge in [0.05, 0.1) is 17.8 Å². The summed E-state index contributed by atoms with van der Waals surface area (Å²) in [7, 11) is 1.69. The average Bonchev–Trinajstić information content (AvgIpc) is 3.07. The highest BCUT2D eigenvalue weighted by molar-refractivity contribution is 6.01. The molecule has 2 N–H and O–H groups in total. The van der Waals surface area contributed by atoms with E-state index < -0.39 is 0 Å². The molecule has 0 aliphatic carbocycles. The van der Waals surface area contributed by atoms with Gasteiger partial charge in [0, 0.05) is 38.9 Å². The van der Waals surface area contributed by atoms with Crippen LogP contribution in [0, 0.1) is 19.3 Å². The van der Waals surface area contributed by atoms with Gasteiger partial charge in [0.15, 0.2) is 5.84 Å². The predicted molar refractivity (Wildman–Crippen MR) is 112 cm³/mol. The van der Waals surface area contributed by atoms with Crippen molar-refractivity contribution in [3.05, 3.63) is 44.6 Å². The van der Waals surface area contributed by atoms with Crippen LogP contribution in [0.15, 0.2) is 9.79 Å². The molecular weight excluding hydrogens is 370 g/mol. The van der Waals surface area contributed by atoms with E-state index in [1.54, 1.807) is 11.7 Å². The number of methoxy groups -OCH3 is 1. The van der Waals surface area contributed by atoms with Crippen LogP contribution >= 0.6 is 0 Å². The normalized spacial score (nSPS) is 14.2. The fourth-order valence-electron chi connectivity index (χ4n) is 3.84. The molecule has 2 aromatic rings.